The molecule has 1 atom stereocenters. The fourth-order valence-electron chi connectivity index (χ4n) is 2.87. The van der Waals surface area contributed by atoms with Crippen LogP contribution in [0.1, 0.15) is 24.9 Å². The van der Waals surface area contributed by atoms with Gasteiger partial charge in [0.05, 0.1) is 6.04 Å². The third-order valence-corrected chi connectivity index (χ3v) is 4.26. The van der Waals surface area contributed by atoms with Gasteiger partial charge < -0.3 is 15.2 Å². The summed E-state index contributed by atoms with van der Waals surface area (Å²) in [7, 11) is 0. The number of carbonyl (C=O) groups excluding carboxylic acids is 1. The monoisotopic (exact) mass is 339 g/mol. The van der Waals surface area contributed by atoms with Crippen LogP contribution in [0.4, 0.5) is 9.18 Å². The van der Waals surface area contributed by atoms with E-state index in [9.17, 15) is 9.18 Å². The zero-order valence-corrected chi connectivity index (χ0v) is 14.2. The van der Waals surface area contributed by atoms with Gasteiger partial charge in [0.1, 0.15) is 5.82 Å². The number of amides is 2. The van der Waals surface area contributed by atoms with Gasteiger partial charge in [-0.25, -0.2) is 9.18 Å². The van der Waals surface area contributed by atoms with Crippen molar-refractivity contribution in [2.45, 2.75) is 25.9 Å². The molecular weight excluding hydrogens is 317 g/mol. The van der Waals surface area contributed by atoms with Crippen LogP contribution in [0.3, 0.4) is 0 Å². The zero-order chi connectivity index (χ0) is 17.6. The van der Waals surface area contributed by atoms with Crippen LogP contribution < -0.4 is 10.6 Å². The molecule has 0 saturated carbocycles. The van der Waals surface area contributed by atoms with Crippen molar-refractivity contribution in [3.8, 4) is 0 Å². The minimum absolute atomic E-state index is 0.172. The Hall–Kier alpha value is -2.82. The number of aromatic nitrogens is 1. The highest BCUT2D eigenvalue weighted by molar-refractivity contribution is 5.79. The van der Waals surface area contributed by atoms with Crippen LogP contribution in [-0.4, -0.2) is 17.1 Å². The number of fused-ring (bicyclic) bond motifs is 1. The molecule has 5 heteroatoms. The number of rotatable bonds is 6. The summed E-state index contributed by atoms with van der Waals surface area (Å²) in [6.07, 6.45) is 2.92. The molecule has 0 aliphatic heterocycles. The summed E-state index contributed by atoms with van der Waals surface area (Å²) in [5, 5.41) is 6.95. The largest absolute Gasteiger partial charge is 0.347 e. The molecule has 0 spiro atoms. The van der Waals surface area contributed by atoms with Gasteiger partial charge in [-0.3, -0.25) is 0 Å². The topological polar surface area (TPSA) is 46.1 Å². The standard InChI is InChI=1S/C20H22FN3O/c1-15(16-7-9-18(21)10-8-16)23-20(25)22-12-4-13-24-14-11-17-5-2-3-6-19(17)24/h2-3,5-11,14-15H,4,12-13H2,1H3,(H2,22,23,25). The van der Waals surface area contributed by atoms with E-state index in [1.54, 1.807) is 12.1 Å². The smallest absolute Gasteiger partial charge is 0.315 e. The first-order valence-corrected chi connectivity index (χ1v) is 8.47. The van der Waals surface area contributed by atoms with Crippen molar-refractivity contribution >= 4 is 16.9 Å². The van der Waals surface area contributed by atoms with Gasteiger partial charge >= 0.3 is 6.03 Å². The van der Waals surface area contributed by atoms with Crippen LogP contribution in [0.25, 0.3) is 10.9 Å². The normalized spacial score (nSPS) is 12.1. The van der Waals surface area contributed by atoms with Crippen molar-refractivity contribution in [1.82, 2.24) is 15.2 Å². The van der Waals surface area contributed by atoms with Gasteiger partial charge in [0.25, 0.3) is 0 Å². The fourth-order valence-corrected chi connectivity index (χ4v) is 2.87. The molecule has 1 unspecified atom stereocenters. The van der Waals surface area contributed by atoms with E-state index in [0.29, 0.717) is 6.54 Å². The number of hydrogen-bond donors (Lipinski definition) is 2. The maximum absolute atomic E-state index is 12.9. The highest BCUT2D eigenvalue weighted by atomic mass is 19.1. The van der Waals surface area contributed by atoms with Gasteiger partial charge in [-0.05, 0) is 48.6 Å². The second-order valence-corrected chi connectivity index (χ2v) is 6.09. The summed E-state index contributed by atoms with van der Waals surface area (Å²) in [6, 6.07) is 16.1. The number of urea groups is 1. The lowest BCUT2D eigenvalue weighted by molar-refractivity contribution is 0.237. The SMILES string of the molecule is CC(NC(=O)NCCCn1ccc2ccccc21)c1ccc(F)cc1. The molecule has 3 rings (SSSR count). The molecule has 0 radical (unpaired) electrons. The summed E-state index contributed by atoms with van der Waals surface area (Å²) in [4.78, 5) is 12.0. The Morgan fingerprint density at radius 3 is 2.68 bits per heavy atom. The molecule has 25 heavy (non-hydrogen) atoms. The van der Waals surface area contributed by atoms with Crippen LogP contribution in [0.15, 0.2) is 60.8 Å². The Labute approximate surface area is 146 Å². The molecule has 0 aliphatic rings. The third kappa shape index (κ3) is 4.38. The Bertz CT molecular complexity index is 842. The maximum Gasteiger partial charge on any atom is 0.315 e. The van der Waals surface area contributed by atoms with Gasteiger partial charge in [0, 0.05) is 24.8 Å². The predicted octanol–water partition coefficient (Wildman–Crippen LogP) is 4.23. The lowest BCUT2D eigenvalue weighted by Crippen LogP contribution is -2.37. The first-order valence-electron chi connectivity index (χ1n) is 8.47. The van der Waals surface area contributed by atoms with Crippen LogP contribution in [0, 0.1) is 5.82 Å². The average molecular weight is 339 g/mol. The number of nitrogens with zero attached hydrogens (tertiary/aromatic N) is 1. The summed E-state index contributed by atoms with van der Waals surface area (Å²) in [5.74, 6) is -0.280. The van der Waals surface area contributed by atoms with Gasteiger partial charge in [-0.1, -0.05) is 30.3 Å². The Morgan fingerprint density at radius 2 is 1.88 bits per heavy atom. The van der Waals surface area contributed by atoms with Crippen LogP contribution in [-0.2, 0) is 6.54 Å². The number of hydrogen-bond acceptors (Lipinski definition) is 1. The quantitative estimate of drug-likeness (QED) is 0.649. The van der Waals surface area contributed by atoms with Crippen molar-refractivity contribution in [1.29, 1.82) is 0 Å². The Kier molecular flexibility index (Phi) is 5.33. The van der Waals surface area contributed by atoms with E-state index in [1.165, 1.54) is 23.0 Å². The molecular formula is C20H22FN3O. The Morgan fingerprint density at radius 1 is 1.12 bits per heavy atom. The maximum atomic E-state index is 12.9. The molecule has 0 fully saturated rings. The number of nitrogens with one attached hydrogen (secondary N) is 2. The molecule has 130 valence electrons. The number of benzene rings is 2. The van der Waals surface area contributed by atoms with Crippen LogP contribution in [0.2, 0.25) is 0 Å². The van der Waals surface area contributed by atoms with Crippen molar-refractivity contribution in [2.24, 2.45) is 0 Å². The van der Waals surface area contributed by atoms with E-state index in [-0.39, 0.29) is 17.9 Å². The van der Waals surface area contributed by atoms with E-state index in [4.69, 9.17) is 0 Å². The number of halogens is 1. The molecule has 3 aromatic rings. The van der Waals surface area contributed by atoms with E-state index < -0.39 is 0 Å². The first kappa shape index (κ1) is 17.0. The van der Waals surface area contributed by atoms with E-state index in [0.717, 1.165) is 18.5 Å². The van der Waals surface area contributed by atoms with Gasteiger partial charge in [0.15, 0.2) is 0 Å². The zero-order valence-electron chi connectivity index (χ0n) is 14.2. The van der Waals surface area contributed by atoms with E-state index in [1.807, 2.05) is 19.1 Å². The van der Waals surface area contributed by atoms with Crippen LogP contribution >= 0.6 is 0 Å². The molecule has 1 aromatic heterocycles. The van der Waals surface area contributed by atoms with Gasteiger partial charge in [-0.2, -0.15) is 0 Å². The molecule has 4 nitrogen and oxygen atoms in total. The number of aryl methyl sites for hydroxylation is 1. The predicted molar refractivity (Wildman–Crippen MR) is 97.9 cm³/mol. The van der Waals surface area contributed by atoms with Crippen molar-refractivity contribution in [2.75, 3.05) is 6.54 Å². The fraction of sp³-hybridized carbons (Fsp3) is 0.250. The minimum atomic E-state index is -0.280. The van der Waals surface area contributed by atoms with Crippen molar-refractivity contribution in [3.63, 3.8) is 0 Å². The average Bonchev–Trinajstić information content (AvgIpc) is 3.02. The number of para-hydroxylation sites is 1. The second-order valence-electron chi connectivity index (χ2n) is 6.09. The highest BCUT2D eigenvalue weighted by Gasteiger charge is 2.09. The van der Waals surface area contributed by atoms with E-state index in [2.05, 4.69) is 39.6 Å². The minimum Gasteiger partial charge on any atom is -0.347 e. The van der Waals surface area contributed by atoms with E-state index >= 15 is 0 Å². The number of carbonyl (C=O) groups is 1. The second kappa shape index (κ2) is 7.83. The summed E-state index contributed by atoms with van der Waals surface area (Å²) in [6.45, 7) is 3.31. The van der Waals surface area contributed by atoms with Crippen molar-refractivity contribution in [3.05, 3.63) is 72.2 Å². The molecule has 2 N–H and O–H groups in total. The first-order chi connectivity index (χ1) is 12.1. The third-order valence-electron chi connectivity index (χ3n) is 4.26. The lowest BCUT2D eigenvalue weighted by Gasteiger charge is -2.15. The molecule has 1 heterocycles. The van der Waals surface area contributed by atoms with Crippen LogP contribution in [0.5, 0.6) is 0 Å². The van der Waals surface area contributed by atoms with Gasteiger partial charge in [0.2, 0.25) is 0 Å². The molecule has 2 aromatic carbocycles. The molecule has 0 bridgehead atoms. The van der Waals surface area contributed by atoms with Gasteiger partial charge in [-0.15, -0.1) is 0 Å². The summed E-state index contributed by atoms with van der Waals surface area (Å²) >= 11 is 0. The molecule has 0 saturated heterocycles. The summed E-state index contributed by atoms with van der Waals surface area (Å²) in [5.41, 5.74) is 2.08. The highest BCUT2D eigenvalue weighted by Crippen LogP contribution is 2.15. The van der Waals surface area contributed by atoms with Crippen molar-refractivity contribution < 1.29 is 9.18 Å². The lowest BCUT2D eigenvalue weighted by atomic mass is 10.1. The summed E-state index contributed by atoms with van der Waals surface area (Å²) < 4.78 is 15.1. The molecule has 2 amide bonds. The molecule has 0 aliphatic carbocycles. The Balaban J connectivity index is 1.42.